The van der Waals surface area contributed by atoms with Crippen LogP contribution in [0.25, 0.3) is 0 Å². The summed E-state index contributed by atoms with van der Waals surface area (Å²) in [5.74, 6) is 0. The zero-order valence-corrected chi connectivity index (χ0v) is 9.40. The Morgan fingerprint density at radius 2 is 2.31 bits per heavy atom. The van der Waals surface area contributed by atoms with Crippen LogP contribution >= 0.6 is 11.8 Å². The quantitative estimate of drug-likeness (QED) is 0.790. The number of benzene rings is 1. The molecule has 2 aromatic rings. The fourth-order valence-corrected chi connectivity index (χ4v) is 2.03. The van der Waals surface area contributed by atoms with E-state index >= 15 is 0 Å². The normalized spacial score (nSPS) is 10.0. The molecule has 0 bridgehead atoms. The minimum absolute atomic E-state index is 0.549. The SMILES string of the molecule is Cn1ncnc1Sc1ccc(N)cc1C#N. The van der Waals surface area contributed by atoms with Gasteiger partial charge in [-0.05, 0) is 30.0 Å². The van der Waals surface area contributed by atoms with E-state index in [0.29, 0.717) is 11.3 Å². The van der Waals surface area contributed by atoms with Gasteiger partial charge in [-0.15, -0.1) is 0 Å². The lowest BCUT2D eigenvalue weighted by Gasteiger charge is -2.03. The van der Waals surface area contributed by atoms with Crippen LogP contribution in [-0.2, 0) is 7.05 Å². The van der Waals surface area contributed by atoms with E-state index in [-0.39, 0.29) is 0 Å². The zero-order chi connectivity index (χ0) is 11.5. The third-order valence-electron chi connectivity index (χ3n) is 2.00. The highest BCUT2D eigenvalue weighted by Crippen LogP contribution is 2.29. The first kappa shape index (κ1) is 10.5. The summed E-state index contributed by atoms with van der Waals surface area (Å²) in [7, 11) is 1.80. The van der Waals surface area contributed by atoms with Gasteiger partial charge in [0.1, 0.15) is 12.4 Å². The highest BCUT2D eigenvalue weighted by molar-refractivity contribution is 7.99. The Labute approximate surface area is 96.9 Å². The summed E-state index contributed by atoms with van der Waals surface area (Å²) in [5.41, 5.74) is 6.74. The van der Waals surface area contributed by atoms with Gasteiger partial charge in [0.2, 0.25) is 0 Å². The molecule has 0 unspecified atom stereocenters. The molecule has 1 heterocycles. The summed E-state index contributed by atoms with van der Waals surface area (Å²) in [5, 5.41) is 13.7. The Bertz CT molecular complexity index is 555. The predicted molar refractivity (Wildman–Crippen MR) is 60.7 cm³/mol. The van der Waals surface area contributed by atoms with Crippen molar-refractivity contribution in [1.82, 2.24) is 14.8 Å². The number of nitriles is 1. The smallest absolute Gasteiger partial charge is 0.190 e. The maximum Gasteiger partial charge on any atom is 0.190 e. The molecule has 0 saturated heterocycles. The topological polar surface area (TPSA) is 80.5 Å². The molecule has 80 valence electrons. The Hall–Kier alpha value is -2.00. The molecular weight excluding hydrogens is 222 g/mol. The molecule has 0 spiro atoms. The molecule has 0 radical (unpaired) electrons. The molecule has 16 heavy (non-hydrogen) atoms. The maximum atomic E-state index is 8.98. The Morgan fingerprint density at radius 1 is 1.50 bits per heavy atom. The number of nitrogens with two attached hydrogens (primary N) is 1. The molecule has 2 N–H and O–H groups in total. The first-order valence-corrected chi connectivity index (χ1v) is 5.34. The van der Waals surface area contributed by atoms with Crippen molar-refractivity contribution < 1.29 is 0 Å². The highest BCUT2D eigenvalue weighted by Gasteiger charge is 2.08. The number of rotatable bonds is 2. The predicted octanol–water partition coefficient (Wildman–Crippen LogP) is 1.42. The van der Waals surface area contributed by atoms with E-state index in [1.807, 2.05) is 6.07 Å². The van der Waals surface area contributed by atoms with E-state index < -0.39 is 0 Å². The maximum absolute atomic E-state index is 8.98. The van der Waals surface area contributed by atoms with Crippen LogP contribution < -0.4 is 5.73 Å². The van der Waals surface area contributed by atoms with Crippen LogP contribution in [0.15, 0.2) is 34.6 Å². The van der Waals surface area contributed by atoms with E-state index in [9.17, 15) is 0 Å². The van der Waals surface area contributed by atoms with Gasteiger partial charge in [-0.25, -0.2) is 9.67 Å². The number of nitrogen functional groups attached to an aromatic ring is 1. The van der Waals surface area contributed by atoms with Gasteiger partial charge in [0, 0.05) is 17.6 Å². The molecule has 0 amide bonds. The number of hydrogen-bond donors (Lipinski definition) is 1. The second-order valence-electron chi connectivity index (χ2n) is 3.14. The third kappa shape index (κ3) is 1.99. The van der Waals surface area contributed by atoms with Crippen LogP contribution in [0.5, 0.6) is 0 Å². The van der Waals surface area contributed by atoms with Crippen LogP contribution in [0.4, 0.5) is 5.69 Å². The van der Waals surface area contributed by atoms with Gasteiger partial charge in [-0.1, -0.05) is 0 Å². The monoisotopic (exact) mass is 231 g/mol. The lowest BCUT2D eigenvalue weighted by atomic mass is 10.2. The van der Waals surface area contributed by atoms with Crippen molar-refractivity contribution in [2.24, 2.45) is 7.05 Å². The zero-order valence-electron chi connectivity index (χ0n) is 8.58. The molecule has 5 nitrogen and oxygen atoms in total. The number of anilines is 1. The lowest BCUT2D eigenvalue weighted by molar-refractivity contribution is 0.685. The molecule has 0 atom stereocenters. The number of hydrogen-bond acceptors (Lipinski definition) is 5. The van der Waals surface area contributed by atoms with Crippen molar-refractivity contribution >= 4 is 17.4 Å². The van der Waals surface area contributed by atoms with Gasteiger partial charge in [0.05, 0.1) is 5.56 Å². The largest absolute Gasteiger partial charge is 0.399 e. The van der Waals surface area contributed by atoms with Crippen molar-refractivity contribution in [3.05, 3.63) is 30.1 Å². The van der Waals surface area contributed by atoms with Crippen molar-refractivity contribution in [2.45, 2.75) is 10.1 Å². The van der Waals surface area contributed by atoms with Gasteiger partial charge in [-0.2, -0.15) is 10.4 Å². The molecule has 1 aromatic carbocycles. The Balaban J connectivity index is 2.36. The molecular formula is C10H9N5S. The third-order valence-corrected chi connectivity index (χ3v) is 3.12. The molecule has 1 aromatic heterocycles. The number of aromatic nitrogens is 3. The van der Waals surface area contributed by atoms with Crippen LogP contribution in [0.3, 0.4) is 0 Å². The first-order chi connectivity index (χ1) is 7.70. The van der Waals surface area contributed by atoms with Gasteiger partial charge in [0.15, 0.2) is 5.16 Å². The van der Waals surface area contributed by atoms with Crippen molar-refractivity contribution in [2.75, 3.05) is 5.73 Å². The molecule has 0 fully saturated rings. The second-order valence-corrected chi connectivity index (χ2v) is 4.14. The minimum Gasteiger partial charge on any atom is -0.399 e. The van der Waals surface area contributed by atoms with E-state index in [4.69, 9.17) is 11.0 Å². The summed E-state index contributed by atoms with van der Waals surface area (Å²) in [4.78, 5) is 4.91. The fourth-order valence-electron chi connectivity index (χ4n) is 1.20. The molecule has 0 aliphatic rings. The van der Waals surface area contributed by atoms with Gasteiger partial charge in [-0.3, -0.25) is 0 Å². The van der Waals surface area contributed by atoms with Crippen LogP contribution in [-0.4, -0.2) is 14.8 Å². The van der Waals surface area contributed by atoms with Crippen molar-refractivity contribution in [3.8, 4) is 6.07 Å². The van der Waals surface area contributed by atoms with Crippen molar-refractivity contribution in [3.63, 3.8) is 0 Å². The van der Waals surface area contributed by atoms with Gasteiger partial charge in [0.25, 0.3) is 0 Å². The van der Waals surface area contributed by atoms with E-state index in [1.165, 1.54) is 18.1 Å². The summed E-state index contributed by atoms with van der Waals surface area (Å²) in [6, 6.07) is 7.34. The fraction of sp³-hybridized carbons (Fsp3) is 0.100. The average Bonchev–Trinajstić information content (AvgIpc) is 2.67. The second kappa shape index (κ2) is 4.24. The summed E-state index contributed by atoms with van der Waals surface area (Å²) >= 11 is 1.39. The molecule has 2 rings (SSSR count). The summed E-state index contributed by atoms with van der Waals surface area (Å²) in [6.45, 7) is 0. The molecule has 0 aliphatic carbocycles. The summed E-state index contributed by atoms with van der Waals surface area (Å²) in [6.07, 6.45) is 1.48. The summed E-state index contributed by atoms with van der Waals surface area (Å²) < 4.78 is 1.65. The van der Waals surface area contributed by atoms with Crippen LogP contribution in [0.1, 0.15) is 5.56 Å². The molecule has 0 saturated carbocycles. The van der Waals surface area contributed by atoms with Crippen molar-refractivity contribution in [1.29, 1.82) is 5.26 Å². The lowest BCUT2D eigenvalue weighted by Crippen LogP contribution is -1.94. The number of aryl methyl sites for hydroxylation is 1. The van der Waals surface area contributed by atoms with E-state index in [0.717, 1.165) is 10.1 Å². The van der Waals surface area contributed by atoms with Crippen LogP contribution in [0.2, 0.25) is 0 Å². The standard InChI is InChI=1S/C10H9N5S/c1-15-10(13-6-14-15)16-9-3-2-8(12)4-7(9)5-11/h2-4,6H,12H2,1H3. The van der Waals surface area contributed by atoms with Gasteiger partial charge < -0.3 is 5.73 Å². The Morgan fingerprint density at radius 3 is 2.94 bits per heavy atom. The first-order valence-electron chi connectivity index (χ1n) is 4.52. The molecule has 0 aliphatic heterocycles. The highest BCUT2D eigenvalue weighted by atomic mass is 32.2. The average molecular weight is 231 g/mol. The minimum atomic E-state index is 0.549. The van der Waals surface area contributed by atoms with Gasteiger partial charge >= 0.3 is 0 Å². The number of nitrogens with zero attached hydrogens (tertiary/aromatic N) is 4. The van der Waals surface area contributed by atoms with E-state index in [1.54, 1.807) is 23.9 Å². The Kier molecular flexibility index (Phi) is 2.79. The molecule has 6 heteroatoms. The van der Waals surface area contributed by atoms with Crippen LogP contribution in [0, 0.1) is 11.3 Å². The van der Waals surface area contributed by atoms with E-state index in [2.05, 4.69) is 16.2 Å².